The molecule has 0 aliphatic rings. The first-order valence-corrected chi connectivity index (χ1v) is 8.99. The molecular formula is C21H25N4O2+. The summed E-state index contributed by atoms with van der Waals surface area (Å²) in [6.45, 7) is 6.87. The van der Waals surface area contributed by atoms with Crippen molar-refractivity contribution >= 4 is 11.6 Å². The topological polar surface area (TPSA) is 72.5 Å². The summed E-state index contributed by atoms with van der Waals surface area (Å²) in [6, 6.07) is 13.8. The van der Waals surface area contributed by atoms with E-state index in [0.717, 1.165) is 27.3 Å². The van der Waals surface area contributed by atoms with Crippen molar-refractivity contribution in [2.24, 2.45) is 0 Å². The lowest BCUT2D eigenvalue weighted by atomic mass is 10.1. The molecule has 0 spiro atoms. The number of amides is 1. The van der Waals surface area contributed by atoms with Crippen LogP contribution in [0.3, 0.4) is 0 Å². The Hall–Kier alpha value is -2.99. The molecule has 1 unspecified atom stereocenters. The molecule has 0 saturated carbocycles. The Kier molecular flexibility index (Phi) is 5.66. The minimum Gasteiger partial charge on any atom is -0.415 e. The van der Waals surface area contributed by atoms with Gasteiger partial charge in [-0.15, -0.1) is 10.2 Å². The predicted octanol–water partition coefficient (Wildman–Crippen LogP) is 2.32. The average molecular weight is 365 g/mol. The Morgan fingerprint density at radius 2 is 1.74 bits per heavy atom. The highest BCUT2D eigenvalue weighted by Crippen LogP contribution is 2.21. The van der Waals surface area contributed by atoms with E-state index in [1.807, 2.05) is 51.2 Å². The highest BCUT2D eigenvalue weighted by Gasteiger charge is 2.17. The number of aryl methyl sites for hydroxylation is 3. The fraction of sp³-hybridized carbons (Fsp3) is 0.286. The molecule has 140 valence electrons. The first kappa shape index (κ1) is 18.8. The van der Waals surface area contributed by atoms with Gasteiger partial charge in [-0.3, -0.25) is 4.79 Å². The lowest BCUT2D eigenvalue weighted by molar-refractivity contribution is -0.886. The SMILES string of the molecule is Cc1cc(C)c(NC(=O)C[NH+](C)Cc2nnc(-c3ccccc3)o2)c(C)c1. The van der Waals surface area contributed by atoms with Crippen LogP contribution in [0, 0.1) is 20.8 Å². The third-order valence-electron chi connectivity index (χ3n) is 4.34. The van der Waals surface area contributed by atoms with Crippen LogP contribution in [0.4, 0.5) is 5.69 Å². The van der Waals surface area contributed by atoms with E-state index < -0.39 is 0 Å². The molecule has 0 saturated heterocycles. The normalized spacial score (nSPS) is 12.0. The van der Waals surface area contributed by atoms with Gasteiger partial charge in [0.05, 0.1) is 7.05 Å². The summed E-state index contributed by atoms with van der Waals surface area (Å²) in [7, 11) is 1.93. The van der Waals surface area contributed by atoms with Crippen LogP contribution in [-0.2, 0) is 11.3 Å². The third-order valence-corrected chi connectivity index (χ3v) is 4.34. The number of nitrogens with zero attached hydrogens (tertiary/aromatic N) is 2. The maximum atomic E-state index is 12.4. The summed E-state index contributed by atoms with van der Waals surface area (Å²) < 4.78 is 5.72. The average Bonchev–Trinajstić information content (AvgIpc) is 3.07. The molecule has 1 heterocycles. The highest BCUT2D eigenvalue weighted by atomic mass is 16.4. The number of carbonyl (C=O) groups excluding carboxylic acids is 1. The zero-order chi connectivity index (χ0) is 19.4. The van der Waals surface area contributed by atoms with E-state index >= 15 is 0 Å². The summed E-state index contributed by atoms with van der Waals surface area (Å²) in [5, 5.41) is 11.2. The van der Waals surface area contributed by atoms with Crippen molar-refractivity contribution in [2.75, 3.05) is 18.9 Å². The Morgan fingerprint density at radius 3 is 2.41 bits per heavy atom. The number of rotatable bonds is 6. The number of quaternary nitrogens is 1. The number of hydrogen-bond acceptors (Lipinski definition) is 4. The molecule has 0 radical (unpaired) electrons. The fourth-order valence-corrected chi connectivity index (χ4v) is 3.18. The zero-order valence-electron chi connectivity index (χ0n) is 16.2. The van der Waals surface area contributed by atoms with Gasteiger partial charge in [0.25, 0.3) is 11.8 Å². The second-order valence-electron chi connectivity index (χ2n) is 7.00. The minimum atomic E-state index is -0.0367. The van der Waals surface area contributed by atoms with Crippen LogP contribution >= 0.6 is 0 Å². The Balaban J connectivity index is 1.59. The van der Waals surface area contributed by atoms with E-state index in [9.17, 15) is 4.79 Å². The van der Waals surface area contributed by atoms with E-state index in [2.05, 4.69) is 34.6 Å². The quantitative estimate of drug-likeness (QED) is 0.703. The van der Waals surface area contributed by atoms with E-state index in [-0.39, 0.29) is 5.91 Å². The number of anilines is 1. The summed E-state index contributed by atoms with van der Waals surface area (Å²) >= 11 is 0. The van der Waals surface area contributed by atoms with Crippen LogP contribution < -0.4 is 10.2 Å². The molecule has 3 rings (SSSR count). The standard InChI is InChI=1S/C21H24N4O2/c1-14-10-15(2)20(16(3)11-14)22-18(26)12-25(4)13-19-23-24-21(27-19)17-8-6-5-7-9-17/h5-11H,12-13H2,1-4H3,(H,22,26)/p+1. The van der Waals surface area contributed by atoms with Crippen molar-refractivity contribution in [2.45, 2.75) is 27.3 Å². The third kappa shape index (κ3) is 4.80. The van der Waals surface area contributed by atoms with Crippen LogP contribution in [0.25, 0.3) is 11.5 Å². The van der Waals surface area contributed by atoms with Gasteiger partial charge >= 0.3 is 0 Å². The first-order chi connectivity index (χ1) is 12.9. The molecule has 3 aromatic rings. The Labute approximate surface area is 159 Å². The maximum absolute atomic E-state index is 12.4. The number of hydrogen-bond donors (Lipinski definition) is 2. The molecule has 6 heteroatoms. The first-order valence-electron chi connectivity index (χ1n) is 8.99. The molecular weight excluding hydrogens is 340 g/mol. The Morgan fingerprint density at radius 1 is 1.07 bits per heavy atom. The van der Waals surface area contributed by atoms with Crippen molar-refractivity contribution in [1.82, 2.24) is 10.2 Å². The number of benzene rings is 2. The number of aromatic nitrogens is 2. The van der Waals surface area contributed by atoms with Gasteiger partial charge in [0.1, 0.15) is 0 Å². The summed E-state index contributed by atoms with van der Waals surface area (Å²) in [5.74, 6) is 0.973. The van der Waals surface area contributed by atoms with Crippen molar-refractivity contribution < 1.29 is 14.1 Å². The molecule has 1 atom stereocenters. The zero-order valence-corrected chi connectivity index (χ0v) is 16.2. The summed E-state index contributed by atoms with van der Waals surface area (Å²) in [5.41, 5.74) is 5.11. The highest BCUT2D eigenvalue weighted by molar-refractivity contribution is 5.93. The molecule has 1 aromatic heterocycles. The maximum Gasteiger partial charge on any atom is 0.279 e. The molecule has 0 aliphatic carbocycles. The van der Waals surface area contributed by atoms with Crippen LogP contribution in [0.5, 0.6) is 0 Å². The van der Waals surface area contributed by atoms with Crippen molar-refractivity contribution in [3.05, 3.63) is 65.0 Å². The molecule has 6 nitrogen and oxygen atoms in total. The van der Waals surface area contributed by atoms with Gasteiger partial charge in [-0.05, 0) is 44.0 Å². The van der Waals surface area contributed by atoms with Gasteiger partial charge in [0.15, 0.2) is 13.1 Å². The minimum absolute atomic E-state index is 0.0367. The van der Waals surface area contributed by atoms with E-state index in [4.69, 9.17) is 4.42 Å². The predicted molar refractivity (Wildman–Crippen MR) is 104 cm³/mol. The van der Waals surface area contributed by atoms with Gasteiger partial charge in [0, 0.05) is 11.3 Å². The van der Waals surface area contributed by atoms with Crippen LogP contribution in [-0.4, -0.2) is 29.7 Å². The van der Waals surface area contributed by atoms with Gasteiger partial charge in [-0.1, -0.05) is 35.9 Å². The second-order valence-corrected chi connectivity index (χ2v) is 7.00. The van der Waals surface area contributed by atoms with Crippen molar-refractivity contribution in [1.29, 1.82) is 0 Å². The van der Waals surface area contributed by atoms with Crippen LogP contribution in [0.15, 0.2) is 46.9 Å². The summed E-state index contributed by atoms with van der Waals surface area (Å²) in [4.78, 5) is 13.4. The number of nitrogens with one attached hydrogen (secondary N) is 2. The molecule has 0 aliphatic heterocycles. The molecule has 0 bridgehead atoms. The second kappa shape index (κ2) is 8.14. The molecule has 0 fully saturated rings. The smallest absolute Gasteiger partial charge is 0.279 e. The number of carbonyl (C=O) groups is 1. The molecule has 2 aromatic carbocycles. The largest absolute Gasteiger partial charge is 0.415 e. The molecule has 2 N–H and O–H groups in total. The molecule has 27 heavy (non-hydrogen) atoms. The van der Waals surface area contributed by atoms with Crippen LogP contribution in [0.2, 0.25) is 0 Å². The lowest BCUT2D eigenvalue weighted by Gasteiger charge is -2.15. The van der Waals surface area contributed by atoms with E-state index in [0.29, 0.717) is 24.9 Å². The van der Waals surface area contributed by atoms with Gasteiger partial charge in [0.2, 0.25) is 5.89 Å². The Bertz CT molecular complexity index is 911. The van der Waals surface area contributed by atoms with Crippen molar-refractivity contribution in [3.63, 3.8) is 0 Å². The van der Waals surface area contributed by atoms with Gasteiger partial charge in [-0.25, -0.2) is 0 Å². The summed E-state index contributed by atoms with van der Waals surface area (Å²) in [6.07, 6.45) is 0. The molecule has 1 amide bonds. The fourth-order valence-electron chi connectivity index (χ4n) is 3.18. The lowest BCUT2D eigenvalue weighted by Crippen LogP contribution is -3.08. The van der Waals surface area contributed by atoms with E-state index in [1.54, 1.807) is 0 Å². The van der Waals surface area contributed by atoms with Gasteiger partial charge < -0.3 is 14.6 Å². The van der Waals surface area contributed by atoms with Crippen LogP contribution in [0.1, 0.15) is 22.6 Å². The van der Waals surface area contributed by atoms with E-state index in [1.165, 1.54) is 5.56 Å². The monoisotopic (exact) mass is 365 g/mol. The number of likely N-dealkylation sites (N-methyl/N-ethyl adjacent to an activating group) is 1. The van der Waals surface area contributed by atoms with Gasteiger partial charge in [-0.2, -0.15) is 0 Å². The van der Waals surface area contributed by atoms with Crippen molar-refractivity contribution in [3.8, 4) is 11.5 Å².